The Morgan fingerprint density at radius 2 is 2.06 bits per heavy atom. The zero-order valence-electron chi connectivity index (χ0n) is 11.4. The van der Waals surface area contributed by atoms with E-state index in [1.165, 1.54) is 0 Å². The van der Waals surface area contributed by atoms with Crippen LogP contribution in [0.25, 0.3) is 0 Å². The van der Waals surface area contributed by atoms with Crippen LogP contribution in [0.3, 0.4) is 0 Å². The molecule has 0 radical (unpaired) electrons. The molecule has 0 saturated heterocycles. The van der Waals surface area contributed by atoms with Gasteiger partial charge in [-0.1, -0.05) is 26.2 Å². The van der Waals surface area contributed by atoms with Crippen molar-refractivity contribution in [3.8, 4) is 0 Å². The molecule has 0 saturated carbocycles. The molecule has 4 heteroatoms. The third kappa shape index (κ3) is 11.5. The second-order valence-electron chi connectivity index (χ2n) is 3.93. The van der Waals surface area contributed by atoms with E-state index in [1.54, 1.807) is 0 Å². The maximum Gasteiger partial charge on any atom is 0.233 e. The number of unbranched alkanes of at least 4 members (excludes halogenated alkanes) is 3. The van der Waals surface area contributed by atoms with Gasteiger partial charge in [0, 0.05) is 7.92 Å². The molecule has 1 atom stereocenters. The van der Waals surface area contributed by atoms with Crippen LogP contribution >= 0.6 is 0 Å². The predicted molar refractivity (Wildman–Crippen MR) is 68.3 cm³/mol. The van der Waals surface area contributed by atoms with Crippen LogP contribution in [0.2, 0.25) is 0 Å². The zero-order chi connectivity index (χ0) is 12.9. The van der Waals surface area contributed by atoms with Crippen molar-refractivity contribution >= 4 is 5.91 Å². The molecular formula is C12H27N3O. The van der Waals surface area contributed by atoms with E-state index in [4.69, 9.17) is 7.10 Å². The molecule has 0 aromatic heterocycles. The lowest BCUT2D eigenvalue weighted by Crippen LogP contribution is -2.34. The SMILES string of the molecule is [2H][C@@H](CCCC)NCC(=O)NCCCCCN. The van der Waals surface area contributed by atoms with Crippen LogP contribution < -0.4 is 16.4 Å². The molecular weight excluding hydrogens is 202 g/mol. The van der Waals surface area contributed by atoms with Crippen LogP contribution in [0.5, 0.6) is 0 Å². The first-order valence-corrected chi connectivity index (χ1v) is 6.33. The minimum absolute atomic E-state index is 0.0218. The van der Waals surface area contributed by atoms with Crippen molar-refractivity contribution in [2.75, 3.05) is 26.2 Å². The van der Waals surface area contributed by atoms with Crippen LogP contribution in [-0.4, -0.2) is 32.1 Å². The van der Waals surface area contributed by atoms with Gasteiger partial charge in [-0.25, -0.2) is 0 Å². The summed E-state index contributed by atoms with van der Waals surface area (Å²) in [5.74, 6) is -0.0218. The lowest BCUT2D eigenvalue weighted by Gasteiger charge is -2.06. The van der Waals surface area contributed by atoms with Gasteiger partial charge in [-0.15, -0.1) is 0 Å². The smallest absolute Gasteiger partial charge is 0.233 e. The number of carbonyl (C=O) groups is 1. The summed E-state index contributed by atoms with van der Waals surface area (Å²) in [7, 11) is 0. The summed E-state index contributed by atoms with van der Waals surface area (Å²) in [6, 6.07) is 0. The van der Waals surface area contributed by atoms with Crippen LogP contribution in [0.1, 0.15) is 46.8 Å². The highest BCUT2D eigenvalue weighted by Gasteiger charge is 1.98. The largest absolute Gasteiger partial charge is 0.355 e. The lowest BCUT2D eigenvalue weighted by molar-refractivity contribution is -0.120. The van der Waals surface area contributed by atoms with Crippen molar-refractivity contribution in [2.45, 2.75) is 45.4 Å². The maximum atomic E-state index is 11.4. The van der Waals surface area contributed by atoms with Gasteiger partial charge in [-0.3, -0.25) is 4.79 Å². The molecule has 0 aliphatic carbocycles. The van der Waals surface area contributed by atoms with Crippen LogP contribution in [0, 0.1) is 0 Å². The fourth-order valence-electron chi connectivity index (χ4n) is 1.31. The highest BCUT2D eigenvalue weighted by molar-refractivity contribution is 5.77. The summed E-state index contributed by atoms with van der Waals surface area (Å²) in [4.78, 5) is 11.4. The Hall–Kier alpha value is -0.610. The summed E-state index contributed by atoms with van der Waals surface area (Å²) in [5, 5.41) is 5.73. The molecule has 0 heterocycles. The van der Waals surface area contributed by atoms with Crippen molar-refractivity contribution < 1.29 is 6.17 Å². The number of carbonyl (C=O) groups excluding carboxylic acids is 1. The Labute approximate surface area is 101 Å². The molecule has 4 nitrogen and oxygen atoms in total. The number of hydrogen-bond donors (Lipinski definition) is 3. The highest BCUT2D eigenvalue weighted by Crippen LogP contribution is 1.91. The van der Waals surface area contributed by atoms with E-state index in [9.17, 15) is 4.79 Å². The van der Waals surface area contributed by atoms with Gasteiger partial charge in [0.2, 0.25) is 5.91 Å². The zero-order valence-corrected chi connectivity index (χ0v) is 10.4. The Balaban J connectivity index is 3.33. The molecule has 0 aliphatic heterocycles. The average molecular weight is 230 g/mol. The highest BCUT2D eigenvalue weighted by atomic mass is 16.1. The first-order chi connectivity index (χ1) is 8.20. The monoisotopic (exact) mass is 230 g/mol. The van der Waals surface area contributed by atoms with Crippen LogP contribution in [0.15, 0.2) is 0 Å². The van der Waals surface area contributed by atoms with Crippen molar-refractivity contribution in [3.63, 3.8) is 0 Å². The fraction of sp³-hybridized carbons (Fsp3) is 0.917. The Bertz CT molecular complexity index is 191. The van der Waals surface area contributed by atoms with Gasteiger partial charge in [-0.05, 0) is 32.3 Å². The minimum Gasteiger partial charge on any atom is -0.355 e. The molecule has 4 N–H and O–H groups in total. The Morgan fingerprint density at radius 1 is 1.25 bits per heavy atom. The van der Waals surface area contributed by atoms with Crippen molar-refractivity contribution in [2.24, 2.45) is 5.73 Å². The van der Waals surface area contributed by atoms with E-state index in [1.807, 2.05) is 0 Å². The topological polar surface area (TPSA) is 67.2 Å². The van der Waals surface area contributed by atoms with Gasteiger partial charge < -0.3 is 16.4 Å². The predicted octanol–water partition coefficient (Wildman–Crippen LogP) is 1.01. The molecule has 0 unspecified atom stereocenters. The van der Waals surface area contributed by atoms with Crippen LogP contribution in [-0.2, 0) is 4.79 Å². The number of nitrogens with two attached hydrogens (primary N) is 1. The minimum atomic E-state index is -0.321. The van der Waals surface area contributed by atoms with Crippen molar-refractivity contribution in [3.05, 3.63) is 0 Å². The van der Waals surface area contributed by atoms with Gasteiger partial charge in [0.15, 0.2) is 0 Å². The van der Waals surface area contributed by atoms with Gasteiger partial charge in [0.25, 0.3) is 0 Å². The second-order valence-corrected chi connectivity index (χ2v) is 3.93. The quantitative estimate of drug-likeness (QED) is 0.464. The van der Waals surface area contributed by atoms with Gasteiger partial charge in [0.1, 0.15) is 0 Å². The number of nitrogens with one attached hydrogen (secondary N) is 2. The molecule has 1 amide bonds. The molecule has 0 spiro atoms. The van der Waals surface area contributed by atoms with E-state index in [0.717, 1.165) is 38.5 Å². The summed E-state index contributed by atoms with van der Waals surface area (Å²) in [5.41, 5.74) is 5.37. The molecule has 0 aromatic rings. The summed E-state index contributed by atoms with van der Waals surface area (Å²) in [6.07, 6.45) is 5.97. The van der Waals surface area contributed by atoms with Crippen molar-refractivity contribution in [1.29, 1.82) is 0 Å². The maximum absolute atomic E-state index is 11.4. The van der Waals surface area contributed by atoms with Crippen molar-refractivity contribution in [1.82, 2.24) is 10.6 Å². The van der Waals surface area contributed by atoms with Crippen LogP contribution in [0.4, 0.5) is 0 Å². The molecule has 0 aliphatic rings. The fourth-order valence-corrected chi connectivity index (χ4v) is 1.31. The Kier molecular flexibility index (Phi) is 10.5. The first-order valence-electron chi connectivity index (χ1n) is 6.90. The van der Waals surface area contributed by atoms with Gasteiger partial charge >= 0.3 is 0 Å². The van der Waals surface area contributed by atoms with E-state index in [-0.39, 0.29) is 19.0 Å². The molecule has 0 aromatic carbocycles. The van der Waals surface area contributed by atoms with E-state index < -0.39 is 0 Å². The van der Waals surface area contributed by atoms with Gasteiger partial charge in [-0.2, -0.15) is 0 Å². The first kappa shape index (κ1) is 13.5. The number of rotatable bonds is 11. The number of amides is 1. The summed E-state index contributed by atoms with van der Waals surface area (Å²) < 4.78 is 7.63. The summed E-state index contributed by atoms with van der Waals surface area (Å²) >= 11 is 0. The Morgan fingerprint density at radius 3 is 2.75 bits per heavy atom. The number of hydrogen-bond acceptors (Lipinski definition) is 3. The lowest BCUT2D eigenvalue weighted by atomic mass is 10.2. The van der Waals surface area contributed by atoms with E-state index >= 15 is 0 Å². The standard InChI is InChI=1S/C12H27N3O/c1-2-3-6-9-14-11-12(16)15-10-7-4-5-8-13/h14H,2-11,13H2,1H3,(H,15,16)/i9D/t9-/m0/s1. The van der Waals surface area contributed by atoms with Gasteiger partial charge in [0.05, 0.1) is 6.54 Å². The average Bonchev–Trinajstić information content (AvgIpc) is 2.33. The normalized spacial score (nSPS) is 13.2. The third-order valence-corrected chi connectivity index (χ3v) is 2.31. The molecule has 16 heavy (non-hydrogen) atoms. The van der Waals surface area contributed by atoms with E-state index in [2.05, 4.69) is 17.6 Å². The second kappa shape index (κ2) is 12.5. The van der Waals surface area contributed by atoms with E-state index in [0.29, 0.717) is 13.1 Å². The molecule has 96 valence electrons. The molecule has 0 fully saturated rings. The molecule has 0 rings (SSSR count). The summed E-state index contributed by atoms with van der Waals surface area (Å²) in [6.45, 7) is 3.44. The third-order valence-electron chi connectivity index (χ3n) is 2.31. The molecule has 0 bridgehead atoms.